The standard InChI is InChI=1S/C13H27NO/c1-4-5-6-7-8-11(13(2,3)14)9-12-10-15-12/h11-12H,4-10,14H2,1-3H3. The lowest BCUT2D eigenvalue weighted by atomic mass is 9.81. The lowest BCUT2D eigenvalue weighted by Gasteiger charge is -2.30. The molecule has 0 aliphatic carbocycles. The van der Waals surface area contributed by atoms with Crippen LogP contribution in [0.3, 0.4) is 0 Å². The highest BCUT2D eigenvalue weighted by molar-refractivity contribution is 4.86. The van der Waals surface area contributed by atoms with Crippen molar-refractivity contribution < 1.29 is 4.74 Å². The summed E-state index contributed by atoms with van der Waals surface area (Å²) < 4.78 is 5.31. The van der Waals surface area contributed by atoms with Crippen LogP contribution in [0.2, 0.25) is 0 Å². The molecule has 0 saturated carbocycles. The highest BCUT2D eigenvalue weighted by atomic mass is 16.6. The topological polar surface area (TPSA) is 38.5 Å². The Bertz CT molecular complexity index is 170. The summed E-state index contributed by atoms with van der Waals surface area (Å²) in [5, 5.41) is 0. The Labute approximate surface area is 94.6 Å². The van der Waals surface area contributed by atoms with Gasteiger partial charge in [0.05, 0.1) is 12.7 Å². The van der Waals surface area contributed by atoms with E-state index in [2.05, 4.69) is 20.8 Å². The molecule has 2 nitrogen and oxygen atoms in total. The minimum Gasteiger partial charge on any atom is -0.373 e. The van der Waals surface area contributed by atoms with Gasteiger partial charge in [0.1, 0.15) is 0 Å². The minimum atomic E-state index is -0.0435. The van der Waals surface area contributed by atoms with Crippen molar-refractivity contribution in [1.29, 1.82) is 0 Å². The molecule has 2 unspecified atom stereocenters. The third-order valence-corrected chi connectivity index (χ3v) is 3.41. The minimum absolute atomic E-state index is 0.0435. The zero-order chi connectivity index (χ0) is 11.3. The van der Waals surface area contributed by atoms with Crippen molar-refractivity contribution in [2.45, 2.75) is 70.9 Å². The monoisotopic (exact) mass is 213 g/mol. The van der Waals surface area contributed by atoms with Crippen LogP contribution in [0.5, 0.6) is 0 Å². The van der Waals surface area contributed by atoms with Crippen LogP contribution in [0.1, 0.15) is 59.3 Å². The Kier molecular flexibility index (Phi) is 5.07. The summed E-state index contributed by atoms with van der Waals surface area (Å²) in [5.74, 6) is 0.627. The average molecular weight is 213 g/mol. The fourth-order valence-corrected chi connectivity index (χ4v) is 2.13. The molecule has 0 spiro atoms. The van der Waals surface area contributed by atoms with E-state index in [4.69, 9.17) is 10.5 Å². The first-order chi connectivity index (χ1) is 7.04. The smallest absolute Gasteiger partial charge is 0.0813 e. The van der Waals surface area contributed by atoms with Crippen molar-refractivity contribution in [2.24, 2.45) is 11.7 Å². The first kappa shape index (κ1) is 13.0. The van der Waals surface area contributed by atoms with Gasteiger partial charge in [-0.3, -0.25) is 0 Å². The van der Waals surface area contributed by atoms with E-state index in [1.807, 2.05) is 0 Å². The molecule has 0 bridgehead atoms. The van der Waals surface area contributed by atoms with Crippen LogP contribution in [-0.4, -0.2) is 18.2 Å². The maximum Gasteiger partial charge on any atom is 0.0813 e. The second kappa shape index (κ2) is 5.86. The molecule has 2 N–H and O–H groups in total. The molecule has 15 heavy (non-hydrogen) atoms. The summed E-state index contributed by atoms with van der Waals surface area (Å²) >= 11 is 0. The van der Waals surface area contributed by atoms with E-state index in [0.29, 0.717) is 12.0 Å². The molecule has 0 amide bonds. The summed E-state index contributed by atoms with van der Waals surface area (Å²) in [5.41, 5.74) is 6.17. The lowest BCUT2D eigenvalue weighted by Crippen LogP contribution is -2.41. The fourth-order valence-electron chi connectivity index (χ4n) is 2.13. The van der Waals surface area contributed by atoms with E-state index >= 15 is 0 Å². The van der Waals surface area contributed by atoms with Gasteiger partial charge in [0.2, 0.25) is 0 Å². The number of hydrogen-bond acceptors (Lipinski definition) is 2. The Balaban J connectivity index is 2.22. The molecule has 1 aliphatic heterocycles. The summed E-state index contributed by atoms with van der Waals surface area (Å²) in [4.78, 5) is 0. The molecule has 1 saturated heterocycles. The van der Waals surface area contributed by atoms with E-state index in [-0.39, 0.29) is 5.54 Å². The molecule has 0 aromatic carbocycles. The predicted octanol–water partition coefficient (Wildman–Crippen LogP) is 3.10. The van der Waals surface area contributed by atoms with Crippen LogP contribution >= 0.6 is 0 Å². The third kappa shape index (κ3) is 5.53. The van der Waals surface area contributed by atoms with Gasteiger partial charge >= 0.3 is 0 Å². The number of nitrogens with two attached hydrogens (primary N) is 1. The van der Waals surface area contributed by atoms with E-state index < -0.39 is 0 Å². The van der Waals surface area contributed by atoms with Gasteiger partial charge in [-0.25, -0.2) is 0 Å². The molecule has 1 heterocycles. The summed E-state index contributed by atoms with van der Waals surface area (Å²) in [6.07, 6.45) is 8.29. The quantitative estimate of drug-likeness (QED) is 0.497. The van der Waals surface area contributed by atoms with Gasteiger partial charge in [-0.1, -0.05) is 32.6 Å². The zero-order valence-electron chi connectivity index (χ0n) is 10.6. The first-order valence-corrected chi connectivity index (χ1v) is 6.44. The molecule has 0 aromatic rings. The van der Waals surface area contributed by atoms with Crippen molar-refractivity contribution in [3.05, 3.63) is 0 Å². The summed E-state index contributed by atoms with van der Waals surface area (Å²) in [6.45, 7) is 7.52. The van der Waals surface area contributed by atoms with E-state index in [1.165, 1.54) is 32.1 Å². The molecule has 1 rings (SSSR count). The Morgan fingerprint density at radius 2 is 2.00 bits per heavy atom. The SMILES string of the molecule is CCCCCCC(CC1CO1)C(C)(C)N. The van der Waals surface area contributed by atoms with Crippen LogP contribution in [0.4, 0.5) is 0 Å². The Hall–Kier alpha value is -0.0800. The van der Waals surface area contributed by atoms with Crippen LogP contribution in [0.25, 0.3) is 0 Å². The number of unbranched alkanes of at least 4 members (excludes halogenated alkanes) is 3. The molecular formula is C13H27NO. The molecule has 1 fully saturated rings. The van der Waals surface area contributed by atoms with Crippen LogP contribution < -0.4 is 5.73 Å². The highest BCUT2D eigenvalue weighted by Crippen LogP contribution is 2.30. The van der Waals surface area contributed by atoms with E-state index in [1.54, 1.807) is 0 Å². The van der Waals surface area contributed by atoms with Crippen LogP contribution in [0, 0.1) is 5.92 Å². The Morgan fingerprint density at radius 3 is 2.47 bits per heavy atom. The van der Waals surface area contributed by atoms with Crippen molar-refractivity contribution >= 4 is 0 Å². The Morgan fingerprint density at radius 1 is 1.33 bits per heavy atom. The molecule has 90 valence electrons. The number of epoxide rings is 1. The molecule has 2 heteroatoms. The van der Waals surface area contributed by atoms with Gasteiger partial charge in [-0.05, 0) is 32.6 Å². The molecule has 0 aromatic heterocycles. The number of rotatable bonds is 8. The van der Waals surface area contributed by atoms with Crippen molar-refractivity contribution in [3.63, 3.8) is 0 Å². The van der Waals surface area contributed by atoms with Gasteiger partial charge in [0.25, 0.3) is 0 Å². The molecule has 2 atom stereocenters. The highest BCUT2D eigenvalue weighted by Gasteiger charge is 2.32. The van der Waals surface area contributed by atoms with Crippen LogP contribution in [0.15, 0.2) is 0 Å². The van der Waals surface area contributed by atoms with Crippen molar-refractivity contribution in [3.8, 4) is 0 Å². The summed E-state index contributed by atoms with van der Waals surface area (Å²) in [7, 11) is 0. The molecule has 1 aliphatic rings. The van der Waals surface area contributed by atoms with Gasteiger partial charge in [0.15, 0.2) is 0 Å². The average Bonchev–Trinajstić information content (AvgIpc) is 2.92. The molecule has 0 radical (unpaired) electrons. The van der Waals surface area contributed by atoms with Gasteiger partial charge in [-0.2, -0.15) is 0 Å². The van der Waals surface area contributed by atoms with Gasteiger partial charge in [0, 0.05) is 5.54 Å². The normalized spacial score (nSPS) is 22.8. The zero-order valence-corrected chi connectivity index (χ0v) is 10.6. The number of hydrogen-bond donors (Lipinski definition) is 1. The van der Waals surface area contributed by atoms with Crippen LogP contribution in [-0.2, 0) is 4.74 Å². The van der Waals surface area contributed by atoms with Gasteiger partial charge < -0.3 is 10.5 Å². The van der Waals surface area contributed by atoms with Gasteiger partial charge in [-0.15, -0.1) is 0 Å². The maximum absolute atomic E-state index is 6.21. The fraction of sp³-hybridized carbons (Fsp3) is 1.00. The second-order valence-electron chi connectivity index (χ2n) is 5.56. The predicted molar refractivity (Wildman–Crippen MR) is 64.9 cm³/mol. The molecular weight excluding hydrogens is 186 g/mol. The lowest BCUT2D eigenvalue weighted by molar-refractivity contribution is 0.246. The maximum atomic E-state index is 6.21. The van der Waals surface area contributed by atoms with Crippen molar-refractivity contribution in [1.82, 2.24) is 0 Å². The second-order valence-corrected chi connectivity index (χ2v) is 5.56. The third-order valence-electron chi connectivity index (χ3n) is 3.41. The number of ether oxygens (including phenoxy) is 1. The first-order valence-electron chi connectivity index (χ1n) is 6.44. The van der Waals surface area contributed by atoms with E-state index in [0.717, 1.165) is 13.0 Å². The van der Waals surface area contributed by atoms with E-state index in [9.17, 15) is 0 Å². The summed E-state index contributed by atoms with van der Waals surface area (Å²) in [6, 6.07) is 0. The van der Waals surface area contributed by atoms with Crippen molar-refractivity contribution in [2.75, 3.05) is 6.61 Å². The largest absolute Gasteiger partial charge is 0.373 e.